The highest BCUT2D eigenvalue weighted by molar-refractivity contribution is 6.04. The van der Waals surface area contributed by atoms with Crippen molar-refractivity contribution in [2.45, 2.75) is 13.0 Å². The minimum atomic E-state index is -0.540. The molecule has 0 aromatic heterocycles. The molecule has 21 heavy (non-hydrogen) atoms. The second kappa shape index (κ2) is 4.90. The van der Waals surface area contributed by atoms with E-state index in [1.54, 1.807) is 6.07 Å². The number of nitrogens with one attached hydrogen (secondary N) is 2. The number of aryl methyl sites for hydroxylation is 1. The van der Waals surface area contributed by atoms with Crippen molar-refractivity contribution in [1.29, 1.82) is 0 Å². The molecule has 1 aliphatic rings. The third-order valence-corrected chi connectivity index (χ3v) is 3.52. The van der Waals surface area contributed by atoms with Crippen LogP contribution >= 0.6 is 0 Å². The minimum Gasteiger partial charge on any atom is -0.370 e. The highest BCUT2D eigenvalue weighted by Gasteiger charge is 2.30. The second-order valence-electron chi connectivity index (χ2n) is 4.91. The SMILES string of the molecule is Cc1ccc([N+](=O)[O-])cc1NC1C(=O)Nc2ccccc21. The molecule has 2 aromatic carbocycles. The van der Waals surface area contributed by atoms with Crippen LogP contribution in [0.3, 0.4) is 0 Å². The van der Waals surface area contributed by atoms with Crippen LogP contribution in [0.4, 0.5) is 17.1 Å². The molecule has 1 amide bonds. The van der Waals surface area contributed by atoms with Gasteiger partial charge >= 0.3 is 0 Å². The molecular weight excluding hydrogens is 270 g/mol. The highest BCUT2D eigenvalue weighted by atomic mass is 16.6. The molecule has 2 N–H and O–H groups in total. The molecule has 2 aromatic rings. The topological polar surface area (TPSA) is 84.3 Å². The molecule has 3 rings (SSSR count). The van der Waals surface area contributed by atoms with E-state index < -0.39 is 11.0 Å². The number of anilines is 2. The summed E-state index contributed by atoms with van der Waals surface area (Å²) in [6.07, 6.45) is 0. The van der Waals surface area contributed by atoms with Gasteiger partial charge in [0.1, 0.15) is 6.04 Å². The first-order chi connectivity index (χ1) is 10.1. The Hall–Kier alpha value is -2.89. The monoisotopic (exact) mass is 283 g/mol. The van der Waals surface area contributed by atoms with Crippen molar-refractivity contribution in [3.63, 3.8) is 0 Å². The second-order valence-corrected chi connectivity index (χ2v) is 4.91. The van der Waals surface area contributed by atoms with Gasteiger partial charge in [-0.05, 0) is 18.6 Å². The number of nitrogens with zero attached hydrogens (tertiary/aromatic N) is 1. The molecule has 0 saturated heterocycles. The standard InChI is InChI=1S/C15H13N3O3/c1-9-6-7-10(18(20)21)8-13(9)16-14-11-4-2-3-5-12(11)17-15(14)19/h2-8,14,16H,1H3,(H,17,19). The van der Waals surface area contributed by atoms with Crippen molar-refractivity contribution in [3.8, 4) is 0 Å². The quantitative estimate of drug-likeness (QED) is 0.670. The van der Waals surface area contributed by atoms with Gasteiger partial charge in [-0.3, -0.25) is 14.9 Å². The fraction of sp³-hybridized carbons (Fsp3) is 0.133. The number of carbonyl (C=O) groups is 1. The van der Waals surface area contributed by atoms with E-state index in [0.29, 0.717) is 5.69 Å². The van der Waals surface area contributed by atoms with Gasteiger partial charge < -0.3 is 10.6 Å². The Morgan fingerprint density at radius 1 is 1.24 bits per heavy atom. The highest BCUT2D eigenvalue weighted by Crippen LogP contribution is 2.34. The molecule has 1 atom stereocenters. The zero-order valence-corrected chi connectivity index (χ0v) is 11.3. The number of nitro benzene ring substituents is 1. The Morgan fingerprint density at radius 3 is 2.76 bits per heavy atom. The maximum atomic E-state index is 12.1. The van der Waals surface area contributed by atoms with E-state index >= 15 is 0 Å². The van der Waals surface area contributed by atoms with Crippen molar-refractivity contribution in [2.24, 2.45) is 0 Å². The molecule has 6 heteroatoms. The Morgan fingerprint density at radius 2 is 2.00 bits per heavy atom. The summed E-state index contributed by atoms with van der Waals surface area (Å²) in [6, 6.07) is 11.4. The smallest absolute Gasteiger partial charge is 0.271 e. The first-order valence-corrected chi connectivity index (χ1v) is 6.47. The van der Waals surface area contributed by atoms with Crippen molar-refractivity contribution in [2.75, 3.05) is 10.6 Å². The Bertz CT molecular complexity index is 743. The molecule has 0 fully saturated rings. The van der Waals surface area contributed by atoms with Crippen LogP contribution in [0.1, 0.15) is 17.2 Å². The summed E-state index contributed by atoms with van der Waals surface area (Å²) in [5.41, 5.74) is 3.03. The maximum Gasteiger partial charge on any atom is 0.271 e. The van der Waals surface area contributed by atoms with E-state index in [4.69, 9.17) is 0 Å². The zero-order chi connectivity index (χ0) is 15.0. The van der Waals surface area contributed by atoms with Crippen LogP contribution in [0.5, 0.6) is 0 Å². The first-order valence-electron chi connectivity index (χ1n) is 6.47. The number of nitro groups is 1. The average Bonchev–Trinajstić information content (AvgIpc) is 2.77. The van der Waals surface area contributed by atoms with Crippen LogP contribution < -0.4 is 10.6 Å². The van der Waals surface area contributed by atoms with Crippen LogP contribution in [0.15, 0.2) is 42.5 Å². The van der Waals surface area contributed by atoms with Crippen LogP contribution in [-0.2, 0) is 4.79 Å². The van der Waals surface area contributed by atoms with Crippen molar-refractivity contribution in [1.82, 2.24) is 0 Å². The normalized spacial score (nSPS) is 16.2. The number of carbonyl (C=O) groups excluding carboxylic acids is 1. The summed E-state index contributed by atoms with van der Waals surface area (Å²) < 4.78 is 0. The van der Waals surface area contributed by atoms with E-state index in [1.807, 2.05) is 31.2 Å². The number of hydrogen-bond acceptors (Lipinski definition) is 4. The molecule has 1 heterocycles. The molecule has 0 saturated carbocycles. The Balaban J connectivity index is 1.96. The van der Waals surface area contributed by atoms with E-state index in [1.165, 1.54) is 12.1 Å². The average molecular weight is 283 g/mol. The van der Waals surface area contributed by atoms with E-state index in [2.05, 4.69) is 10.6 Å². The van der Waals surface area contributed by atoms with Gasteiger partial charge in [-0.15, -0.1) is 0 Å². The van der Waals surface area contributed by atoms with Gasteiger partial charge in [0.05, 0.1) is 4.92 Å². The lowest BCUT2D eigenvalue weighted by molar-refractivity contribution is -0.384. The number of rotatable bonds is 3. The summed E-state index contributed by atoms with van der Waals surface area (Å²) >= 11 is 0. The molecule has 1 aliphatic heterocycles. The summed E-state index contributed by atoms with van der Waals surface area (Å²) in [6.45, 7) is 1.84. The van der Waals surface area contributed by atoms with Gasteiger partial charge in [0.2, 0.25) is 0 Å². The number of benzene rings is 2. The summed E-state index contributed by atoms with van der Waals surface area (Å²) in [7, 11) is 0. The number of hydrogen-bond donors (Lipinski definition) is 2. The lowest BCUT2D eigenvalue weighted by Gasteiger charge is -2.15. The summed E-state index contributed by atoms with van der Waals surface area (Å²) in [4.78, 5) is 22.5. The maximum absolute atomic E-state index is 12.1. The largest absolute Gasteiger partial charge is 0.370 e. The molecule has 1 unspecified atom stereocenters. The van der Waals surface area contributed by atoms with Crippen molar-refractivity contribution < 1.29 is 9.72 Å². The molecule has 6 nitrogen and oxygen atoms in total. The molecular formula is C15H13N3O3. The fourth-order valence-electron chi connectivity index (χ4n) is 2.39. The molecule has 0 bridgehead atoms. The minimum absolute atomic E-state index is 0.00482. The van der Waals surface area contributed by atoms with Gasteiger partial charge in [0.25, 0.3) is 11.6 Å². The van der Waals surface area contributed by atoms with E-state index in [9.17, 15) is 14.9 Å². The summed E-state index contributed by atoms with van der Waals surface area (Å²) in [5, 5.41) is 16.7. The van der Waals surface area contributed by atoms with Gasteiger partial charge in [0, 0.05) is 29.1 Å². The van der Waals surface area contributed by atoms with Gasteiger partial charge in [-0.2, -0.15) is 0 Å². The van der Waals surface area contributed by atoms with Crippen LogP contribution in [-0.4, -0.2) is 10.8 Å². The molecule has 0 spiro atoms. The lowest BCUT2D eigenvalue weighted by Crippen LogP contribution is -2.20. The third kappa shape index (κ3) is 2.31. The number of para-hydroxylation sites is 1. The van der Waals surface area contributed by atoms with E-state index in [0.717, 1.165) is 16.8 Å². The fourth-order valence-corrected chi connectivity index (χ4v) is 2.39. The van der Waals surface area contributed by atoms with Crippen LogP contribution in [0, 0.1) is 17.0 Å². The first kappa shape index (κ1) is 13.1. The predicted molar refractivity (Wildman–Crippen MR) is 79.3 cm³/mol. The lowest BCUT2D eigenvalue weighted by atomic mass is 10.1. The van der Waals surface area contributed by atoms with Gasteiger partial charge in [0.15, 0.2) is 0 Å². The van der Waals surface area contributed by atoms with Crippen molar-refractivity contribution >= 4 is 23.0 Å². The van der Waals surface area contributed by atoms with E-state index in [-0.39, 0.29) is 11.6 Å². The number of fused-ring (bicyclic) bond motifs is 1. The number of amides is 1. The molecule has 106 valence electrons. The third-order valence-electron chi connectivity index (χ3n) is 3.52. The van der Waals surface area contributed by atoms with Gasteiger partial charge in [-0.1, -0.05) is 24.3 Å². The number of non-ortho nitro benzene ring substituents is 1. The Kier molecular flexibility index (Phi) is 3.06. The molecule has 0 aliphatic carbocycles. The molecule has 0 radical (unpaired) electrons. The predicted octanol–water partition coefficient (Wildman–Crippen LogP) is 3.01. The Labute approximate surface area is 120 Å². The summed E-state index contributed by atoms with van der Waals surface area (Å²) in [5.74, 6) is -0.165. The zero-order valence-electron chi connectivity index (χ0n) is 11.3. The van der Waals surface area contributed by atoms with Crippen LogP contribution in [0.25, 0.3) is 0 Å². The van der Waals surface area contributed by atoms with Gasteiger partial charge in [-0.25, -0.2) is 0 Å². The van der Waals surface area contributed by atoms with Crippen LogP contribution in [0.2, 0.25) is 0 Å². The van der Waals surface area contributed by atoms with Crippen molar-refractivity contribution in [3.05, 3.63) is 63.7 Å².